The van der Waals surface area contributed by atoms with Crippen LogP contribution in [0.15, 0.2) is 54.6 Å². The van der Waals surface area contributed by atoms with Gasteiger partial charge in [0.05, 0.1) is 26.0 Å². The van der Waals surface area contributed by atoms with E-state index in [0.717, 1.165) is 30.2 Å². The maximum absolute atomic E-state index is 12.3. The number of rotatable bonds is 8. The van der Waals surface area contributed by atoms with Crippen LogP contribution in [0.5, 0.6) is 11.5 Å². The van der Waals surface area contributed by atoms with E-state index in [9.17, 15) is 9.59 Å². The summed E-state index contributed by atoms with van der Waals surface area (Å²) in [5, 5.41) is 11.5. The molecular formula is C25H26N4O5. The molecule has 1 aliphatic heterocycles. The van der Waals surface area contributed by atoms with Crippen LogP contribution in [0.25, 0.3) is 11.3 Å². The zero-order chi connectivity index (χ0) is 23.9. The van der Waals surface area contributed by atoms with Crippen LogP contribution in [0.1, 0.15) is 17.3 Å². The number of benzene rings is 2. The normalized spacial score (nSPS) is 13.3. The second kappa shape index (κ2) is 10.8. The number of carbonyl (C=O) groups is 2. The SMILES string of the molecule is COc1cc(C(C)=O)ccc1OCC(=O)Nc1ccc(-c2ccc(N3CCOCC3)nn2)cc1. The Morgan fingerprint density at radius 2 is 1.76 bits per heavy atom. The third-order valence-corrected chi connectivity index (χ3v) is 5.38. The minimum Gasteiger partial charge on any atom is -0.493 e. The van der Waals surface area contributed by atoms with Gasteiger partial charge in [-0.1, -0.05) is 12.1 Å². The summed E-state index contributed by atoms with van der Waals surface area (Å²) in [5.41, 5.74) is 2.79. The smallest absolute Gasteiger partial charge is 0.262 e. The fraction of sp³-hybridized carbons (Fsp3) is 0.280. The van der Waals surface area contributed by atoms with Crippen molar-refractivity contribution < 1.29 is 23.8 Å². The molecule has 34 heavy (non-hydrogen) atoms. The van der Waals surface area contributed by atoms with Gasteiger partial charge in [0.2, 0.25) is 0 Å². The molecule has 176 valence electrons. The number of ketones is 1. The molecule has 1 N–H and O–H groups in total. The molecule has 4 rings (SSSR count). The predicted octanol–water partition coefficient (Wildman–Crippen LogP) is 3.21. The first-order chi connectivity index (χ1) is 16.5. The van der Waals surface area contributed by atoms with Crippen molar-refractivity contribution in [3.63, 3.8) is 0 Å². The monoisotopic (exact) mass is 462 g/mol. The van der Waals surface area contributed by atoms with Crippen LogP contribution in [0.3, 0.4) is 0 Å². The van der Waals surface area contributed by atoms with Crippen LogP contribution >= 0.6 is 0 Å². The molecule has 9 nitrogen and oxygen atoms in total. The number of carbonyl (C=O) groups excluding carboxylic acids is 2. The first-order valence-electron chi connectivity index (χ1n) is 10.9. The lowest BCUT2D eigenvalue weighted by atomic mass is 10.1. The molecule has 0 atom stereocenters. The second-order valence-corrected chi connectivity index (χ2v) is 7.71. The summed E-state index contributed by atoms with van der Waals surface area (Å²) < 4.78 is 16.2. The lowest BCUT2D eigenvalue weighted by molar-refractivity contribution is -0.118. The molecule has 9 heteroatoms. The standard InChI is InChI=1S/C25H26N4O5/c1-17(30)19-5-9-22(23(15-19)32-2)34-16-25(31)26-20-6-3-18(4-7-20)21-8-10-24(28-27-21)29-11-13-33-14-12-29/h3-10,15H,11-14,16H2,1-2H3,(H,26,31). The van der Waals surface area contributed by atoms with Crippen LogP contribution in [0.4, 0.5) is 11.5 Å². The van der Waals surface area contributed by atoms with E-state index >= 15 is 0 Å². The van der Waals surface area contributed by atoms with Crippen LogP contribution in [0, 0.1) is 0 Å². The third-order valence-electron chi connectivity index (χ3n) is 5.38. The van der Waals surface area contributed by atoms with Gasteiger partial charge in [-0.15, -0.1) is 10.2 Å². The number of amides is 1. The Hall–Kier alpha value is -3.98. The van der Waals surface area contributed by atoms with Crippen molar-refractivity contribution in [2.45, 2.75) is 6.92 Å². The topological polar surface area (TPSA) is 103 Å². The molecule has 2 aromatic carbocycles. The average molecular weight is 463 g/mol. The Kier molecular flexibility index (Phi) is 7.34. The van der Waals surface area contributed by atoms with Gasteiger partial charge in [0.15, 0.2) is 29.7 Å². The molecule has 0 spiro atoms. The van der Waals surface area contributed by atoms with Gasteiger partial charge in [-0.2, -0.15) is 0 Å². The Bertz CT molecular complexity index is 1140. The first-order valence-corrected chi connectivity index (χ1v) is 10.9. The molecule has 0 radical (unpaired) electrons. The maximum atomic E-state index is 12.3. The molecule has 3 aromatic rings. The number of aromatic nitrogens is 2. The zero-order valence-electron chi connectivity index (χ0n) is 19.1. The maximum Gasteiger partial charge on any atom is 0.262 e. The van der Waals surface area contributed by atoms with E-state index in [0.29, 0.717) is 36.0 Å². The van der Waals surface area contributed by atoms with Gasteiger partial charge in [0, 0.05) is 29.9 Å². The van der Waals surface area contributed by atoms with Crippen molar-refractivity contribution in [3.8, 4) is 22.8 Å². The lowest BCUT2D eigenvalue weighted by Gasteiger charge is -2.27. The number of hydrogen-bond acceptors (Lipinski definition) is 8. The molecule has 1 amide bonds. The molecule has 0 saturated carbocycles. The van der Waals surface area contributed by atoms with Gasteiger partial charge in [-0.05, 0) is 49.4 Å². The van der Waals surface area contributed by atoms with Crippen molar-refractivity contribution in [1.29, 1.82) is 0 Å². The van der Waals surface area contributed by atoms with Crippen LogP contribution < -0.4 is 19.7 Å². The van der Waals surface area contributed by atoms with E-state index in [2.05, 4.69) is 20.4 Å². The zero-order valence-corrected chi connectivity index (χ0v) is 19.1. The summed E-state index contributed by atoms with van der Waals surface area (Å²) in [7, 11) is 1.48. The number of anilines is 2. The van der Waals surface area contributed by atoms with E-state index in [4.69, 9.17) is 14.2 Å². The Labute approximate surface area is 197 Å². The predicted molar refractivity (Wildman–Crippen MR) is 128 cm³/mol. The van der Waals surface area contributed by atoms with Crippen molar-refractivity contribution in [3.05, 3.63) is 60.2 Å². The van der Waals surface area contributed by atoms with E-state index in [1.165, 1.54) is 14.0 Å². The van der Waals surface area contributed by atoms with E-state index in [1.54, 1.807) is 30.3 Å². The average Bonchev–Trinajstić information content (AvgIpc) is 2.88. The molecule has 0 aliphatic carbocycles. The van der Waals surface area contributed by atoms with Gasteiger partial charge >= 0.3 is 0 Å². The number of nitrogens with zero attached hydrogens (tertiary/aromatic N) is 3. The molecule has 0 unspecified atom stereocenters. The van der Waals surface area contributed by atoms with Gasteiger partial charge in [0.25, 0.3) is 5.91 Å². The highest BCUT2D eigenvalue weighted by Gasteiger charge is 2.14. The van der Waals surface area contributed by atoms with E-state index in [-0.39, 0.29) is 18.3 Å². The minimum atomic E-state index is -0.319. The number of methoxy groups -OCH3 is 1. The quantitative estimate of drug-likeness (QED) is 0.509. The Balaban J connectivity index is 1.33. The minimum absolute atomic E-state index is 0.0786. The fourth-order valence-corrected chi connectivity index (χ4v) is 3.51. The van der Waals surface area contributed by atoms with E-state index in [1.807, 2.05) is 24.3 Å². The van der Waals surface area contributed by atoms with Crippen LogP contribution in [-0.2, 0) is 9.53 Å². The molecule has 1 saturated heterocycles. The largest absolute Gasteiger partial charge is 0.493 e. The lowest BCUT2D eigenvalue weighted by Crippen LogP contribution is -2.36. The molecule has 2 heterocycles. The fourth-order valence-electron chi connectivity index (χ4n) is 3.51. The summed E-state index contributed by atoms with van der Waals surface area (Å²) in [5.74, 6) is 1.22. The Morgan fingerprint density at radius 1 is 1.00 bits per heavy atom. The van der Waals surface area contributed by atoms with Crippen LogP contribution in [0.2, 0.25) is 0 Å². The summed E-state index contributed by atoms with van der Waals surface area (Å²) in [6, 6.07) is 16.1. The number of morpholine rings is 1. The van der Waals surface area contributed by atoms with Gasteiger partial charge in [-0.25, -0.2) is 0 Å². The van der Waals surface area contributed by atoms with Gasteiger partial charge in [-0.3, -0.25) is 9.59 Å². The second-order valence-electron chi connectivity index (χ2n) is 7.71. The first kappa shape index (κ1) is 23.2. The highest BCUT2D eigenvalue weighted by atomic mass is 16.5. The number of hydrogen-bond donors (Lipinski definition) is 1. The molecule has 1 aliphatic rings. The summed E-state index contributed by atoms with van der Waals surface area (Å²) >= 11 is 0. The Morgan fingerprint density at radius 3 is 2.41 bits per heavy atom. The van der Waals surface area contributed by atoms with E-state index < -0.39 is 0 Å². The summed E-state index contributed by atoms with van der Waals surface area (Å²) in [6.45, 7) is 4.28. The van der Waals surface area contributed by atoms with Crippen molar-refractivity contribution in [2.24, 2.45) is 0 Å². The number of nitrogens with one attached hydrogen (secondary N) is 1. The van der Waals surface area contributed by atoms with Crippen LogP contribution in [-0.4, -0.2) is 61.9 Å². The van der Waals surface area contributed by atoms with Crippen molar-refractivity contribution in [2.75, 3.05) is 50.2 Å². The number of ether oxygens (including phenoxy) is 3. The molecule has 1 fully saturated rings. The summed E-state index contributed by atoms with van der Waals surface area (Å²) in [4.78, 5) is 26.0. The third kappa shape index (κ3) is 5.68. The molecular weight excluding hydrogens is 436 g/mol. The van der Waals surface area contributed by atoms with Gasteiger partial charge < -0.3 is 24.4 Å². The summed E-state index contributed by atoms with van der Waals surface area (Å²) in [6.07, 6.45) is 0. The highest BCUT2D eigenvalue weighted by Crippen LogP contribution is 2.28. The molecule has 0 bridgehead atoms. The highest BCUT2D eigenvalue weighted by molar-refractivity contribution is 5.95. The van der Waals surface area contributed by atoms with Crippen molar-refractivity contribution in [1.82, 2.24) is 10.2 Å². The molecule has 1 aromatic heterocycles. The van der Waals surface area contributed by atoms with Crippen molar-refractivity contribution >= 4 is 23.2 Å². The number of Topliss-reactive ketones (excluding diaryl/α,β-unsaturated/α-hetero) is 1. The van der Waals surface area contributed by atoms with Gasteiger partial charge in [0.1, 0.15) is 0 Å².